The Morgan fingerprint density at radius 3 is 2.92 bits per heavy atom. The number of benzene rings is 1. The van der Waals surface area contributed by atoms with Gasteiger partial charge in [-0.25, -0.2) is 13.6 Å². The van der Waals surface area contributed by atoms with Gasteiger partial charge in [-0.05, 0) is 23.9 Å². The van der Waals surface area contributed by atoms with Gasteiger partial charge in [0.15, 0.2) is 5.17 Å². The number of esters is 1. The van der Waals surface area contributed by atoms with Gasteiger partial charge >= 0.3 is 5.97 Å². The molecule has 1 saturated heterocycles. The Morgan fingerprint density at radius 2 is 2.19 bits per heavy atom. The van der Waals surface area contributed by atoms with Crippen LogP contribution in [0.2, 0.25) is 0 Å². The van der Waals surface area contributed by atoms with Crippen molar-refractivity contribution in [2.45, 2.75) is 0 Å². The lowest BCUT2D eigenvalue weighted by molar-refractivity contribution is -0.135. The van der Waals surface area contributed by atoms with Gasteiger partial charge in [0.2, 0.25) is 0 Å². The second-order valence-corrected chi connectivity index (χ2v) is 6.21. The van der Waals surface area contributed by atoms with E-state index in [2.05, 4.69) is 20.3 Å². The second kappa shape index (κ2) is 7.08. The highest BCUT2D eigenvalue weighted by molar-refractivity contribution is 8.18. The van der Waals surface area contributed by atoms with Crippen LogP contribution in [-0.2, 0) is 21.4 Å². The van der Waals surface area contributed by atoms with Gasteiger partial charge in [-0.3, -0.25) is 10.1 Å². The summed E-state index contributed by atoms with van der Waals surface area (Å²) < 4.78 is 34.6. The lowest BCUT2D eigenvalue weighted by Crippen LogP contribution is -2.19. The number of rotatable bonds is 3. The molecule has 0 saturated carbocycles. The summed E-state index contributed by atoms with van der Waals surface area (Å²) in [6.45, 7) is 0. The number of methoxy groups -OCH3 is 1. The molecule has 0 radical (unpaired) electrons. The number of carbonyl (C=O) groups is 2. The molecule has 2 heterocycles. The Kier molecular flexibility index (Phi) is 4.85. The lowest BCUT2D eigenvalue weighted by Gasteiger charge is -2.02. The molecule has 0 aliphatic carbocycles. The Morgan fingerprint density at radius 1 is 1.42 bits per heavy atom. The Labute approximate surface area is 150 Å². The van der Waals surface area contributed by atoms with Crippen LogP contribution in [0.1, 0.15) is 5.56 Å². The third-order valence-corrected chi connectivity index (χ3v) is 4.45. The van der Waals surface area contributed by atoms with Crippen molar-refractivity contribution in [3.05, 3.63) is 46.5 Å². The normalized spacial score (nSPS) is 17.6. The van der Waals surface area contributed by atoms with Crippen LogP contribution < -0.4 is 5.32 Å². The van der Waals surface area contributed by atoms with Gasteiger partial charge in [0.1, 0.15) is 11.6 Å². The third kappa shape index (κ3) is 3.36. The van der Waals surface area contributed by atoms with Gasteiger partial charge in [-0.15, -0.1) is 5.10 Å². The summed E-state index contributed by atoms with van der Waals surface area (Å²) in [7, 11) is 2.86. The van der Waals surface area contributed by atoms with Gasteiger partial charge in [0.05, 0.1) is 29.3 Å². The van der Waals surface area contributed by atoms with Gasteiger partial charge in [0.25, 0.3) is 5.91 Å². The summed E-state index contributed by atoms with van der Waals surface area (Å²) in [5.74, 6) is -2.76. The van der Waals surface area contributed by atoms with Crippen molar-refractivity contribution < 1.29 is 23.1 Å². The molecular weight excluding hydrogens is 366 g/mol. The topological polar surface area (TPSA) is 85.0 Å². The highest BCUT2D eigenvalue weighted by atomic mass is 32.2. The van der Waals surface area contributed by atoms with Crippen molar-refractivity contribution in [2.75, 3.05) is 7.11 Å². The number of hydrogen-bond acceptors (Lipinski definition) is 6. The van der Waals surface area contributed by atoms with E-state index in [1.807, 2.05) is 0 Å². The van der Waals surface area contributed by atoms with E-state index in [-0.39, 0.29) is 21.0 Å². The number of aryl methyl sites for hydroxylation is 1. The first-order chi connectivity index (χ1) is 12.4. The van der Waals surface area contributed by atoms with Crippen LogP contribution >= 0.6 is 11.8 Å². The zero-order chi connectivity index (χ0) is 18.8. The molecule has 7 nitrogen and oxygen atoms in total. The minimum atomic E-state index is -0.782. The van der Waals surface area contributed by atoms with E-state index in [0.717, 1.165) is 24.1 Å². The summed E-state index contributed by atoms with van der Waals surface area (Å²) in [5.41, 5.74) is 0.0763. The molecule has 0 spiro atoms. The number of carbonyl (C=O) groups excluding carboxylic acids is 2. The monoisotopic (exact) mass is 378 g/mol. The number of fused-ring (bicyclic) bond motifs is 1. The van der Waals surface area contributed by atoms with Crippen LogP contribution in [0.25, 0.3) is 10.9 Å². The summed E-state index contributed by atoms with van der Waals surface area (Å²) in [6, 6.07) is 2.74. The number of halogens is 2. The van der Waals surface area contributed by atoms with Gasteiger partial charge in [0, 0.05) is 24.7 Å². The minimum absolute atomic E-state index is 0.0722. The number of hydrogen-bond donors (Lipinski definition) is 1. The van der Waals surface area contributed by atoms with Crippen LogP contribution in [-0.4, -0.2) is 34.9 Å². The summed E-state index contributed by atoms with van der Waals surface area (Å²) >= 11 is 0.857. The molecule has 1 aromatic carbocycles. The van der Waals surface area contributed by atoms with Gasteiger partial charge in [-0.1, -0.05) is 0 Å². The molecule has 0 atom stereocenters. The van der Waals surface area contributed by atoms with Gasteiger partial charge in [-0.2, -0.15) is 5.10 Å². The lowest BCUT2D eigenvalue weighted by atomic mass is 10.1. The molecule has 10 heteroatoms. The summed E-state index contributed by atoms with van der Waals surface area (Å²) in [5, 5.41) is 10.0. The zero-order valence-electron chi connectivity index (χ0n) is 13.6. The standard InChI is InChI=1S/C16H12F2N4O3S/c1-22-4-3-8-11(22)5-10(17)9(14(8)18)7-19-21-16-20-15(24)12(26-16)6-13(23)25-2/h3-7H,1-2H3,(H,20,21,24)/b12-6+,19-7?. The fourth-order valence-corrected chi connectivity index (χ4v) is 2.99. The number of ether oxygens (including phenoxy) is 1. The Hall–Kier alpha value is -3.01. The minimum Gasteiger partial charge on any atom is -0.466 e. The van der Waals surface area contributed by atoms with Crippen molar-refractivity contribution >= 4 is 45.9 Å². The van der Waals surface area contributed by atoms with E-state index in [0.29, 0.717) is 5.52 Å². The molecule has 1 aliphatic heterocycles. The van der Waals surface area contributed by atoms with Gasteiger partial charge < -0.3 is 9.30 Å². The van der Waals surface area contributed by atoms with E-state index < -0.39 is 23.5 Å². The van der Waals surface area contributed by atoms with Crippen molar-refractivity contribution in [2.24, 2.45) is 17.3 Å². The number of amidine groups is 1. The first-order valence-corrected chi connectivity index (χ1v) is 8.05. The number of aromatic nitrogens is 1. The van der Waals surface area contributed by atoms with Crippen LogP contribution in [0.4, 0.5) is 8.78 Å². The SMILES string of the molecule is COC(=O)/C=C1/S/C(=N\N=Cc2c(F)cc3c(ccn3C)c2F)NC1=O. The summed E-state index contributed by atoms with van der Waals surface area (Å²) in [4.78, 5) is 22.9. The van der Waals surface area contributed by atoms with E-state index in [4.69, 9.17) is 0 Å². The number of nitrogens with one attached hydrogen (secondary N) is 1. The first kappa shape index (κ1) is 17.8. The molecule has 0 bridgehead atoms. The maximum Gasteiger partial charge on any atom is 0.331 e. The van der Waals surface area contributed by atoms with E-state index in [1.54, 1.807) is 17.8 Å². The predicted octanol–water partition coefficient (Wildman–Crippen LogP) is 2.07. The molecular formula is C16H12F2N4O3S. The molecule has 134 valence electrons. The predicted molar refractivity (Wildman–Crippen MR) is 93.7 cm³/mol. The van der Waals surface area contributed by atoms with Crippen molar-refractivity contribution in [3.8, 4) is 0 Å². The van der Waals surface area contributed by atoms with Crippen LogP contribution in [0.3, 0.4) is 0 Å². The highest BCUT2D eigenvalue weighted by Crippen LogP contribution is 2.25. The average Bonchev–Trinajstić information content (AvgIpc) is 3.14. The van der Waals surface area contributed by atoms with Crippen LogP contribution in [0.15, 0.2) is 39.5 Å². The van der Waals surface area contributed by atoms with Crippen LogP contribution in [0.5, 0.6) is 0 Å². The molecule has 3 rings (SSSR count). The molecule has 2 aromatic rings. The van der Waals surface area contributed by atoms with Crippen molar-refractivity contribution in [3.63, 3.8) is 0 Å². The quantitative estimate of drug-likeness (QED) is 0.384. The molecule has 1 N–H and O–H groups in total. The molecule has 26 heavy (non-hydrogen) atoms. The maximum atomic E-state index is 14.4. The van der Waals surface area contributed by atoms with E-state index in [9.17, 15) is 18.4 Å². The highest BCUT2D eigenvalue weighted by Gasteiger charge is 2.25. The van der Waals surface area contributed by atoms with E-state index in [1.165, 1.54) is 19.2 Å². The third-order valence-electron chi connectivity index (χ3n) is 3.55. The number of nitrogens with zero attached hydrogens (tertiary/aromatic N) is 3. The smallest absolute Gasteiger partial charge is 0.331 e. The number of amides is 1. The molecule has 1 amide bonds. The largest absolute Gasteiger partial charge is 0.466 e. The summed E-state index contributed by atoms with van der Waals surface area (Å²) in [6.07, 6.45) is 3.56. The first-order valence-electron chi connectivity index (χ1n) is 7.23. The Bertz CT molecular complexity index is 1010. The van der Waals surface area contributed by atoms with E-state index >= 15 is 0 Å². The Balaban J connectivity index is 1.84. The molecule has 0 unspecified atom stereocenters. The molecule has 1 aromatic heterocycles. The van der Waals surface area contributed by atoms with Crippen molar-refractivity contribution in [1.29, 1.82) is 0 Å². The fourth-order valence-electron chi connectivity index (χ4n) is 2.25. The second-order valence-electron chi connectivity index (χ2n) is 5.18. The average molecular weight is 378 g/mol. The molecule has 1 fully saturated rings. The number of thioether (sulfide) groups is 1. The zero-order valence-corrected chi connectivity index (χ0v) is 14.4. The maximum absolute atomic E-state index is 14.4. The fraction of sp³-hybridized carbons (Fsp3) is 0.125. The molecule has 1 aliphatic rings. The van der Waals surface area contributed by atoms with Crippen molar-refractivity contribution in [1.82, 2.24) is 9.88 Å². The van der Waals surface area contributed by atoms with Crippen LogP contribution in [0, 0.1) is 11.6 Å².